The van der Waals surface area contributed by atoms with Crippen molar-refractivity contribution in [3.05, 3.63) is 64.2 Å². The summed E-state index contributed by atoms with van der Waals surface area (Å²) in [4.78, 5) is 1.23. The lowest BCUT2D eigenvalue weighted by Gasteiger charge is -2.70. The quantitative estimate of drug-likeness (QED) is 0.260. The van der Waals surface area contributed by atoms with E-state index >= 15 is 0 Å². The third-order valence-electron chi connectivity index (χ3n) is 12.4. The van der Waals surface area contributed by atoms with Crippen molar-refractivity contribution in [2.75, 3.05) is 0 Å². The van der Waals surface area contributed by atoms with Gasteiger partial charge in [0.25, 0.3) is 0 Å². The maximum absolute atomic E-state index is 10.9. The minimum Gasteiger partial charge on any atom is -0.504 e. The average Bonchev–Trinajstić information content (AvgIpc) is 2.88. The van der Waals surface area contributed by atoms with Crippen LogP contribution in [0.4, 0.5) is 0 Å². The van der Waals surface area contributed by atoms with Crippen LogP contribution >= 0.6 is 11.8 Å². The van der Waals surface area contributed by atoms with E-state index in [0.717, 1.165) is 31.2 Å². The van der Waals surface area contributed by atoms with Gasteiger partial charge in [0.05, 0.1) is 5.25 Å². The van der Waals surface area contributed by atoms with Gasteiger partial charge in [-0.1, -0.05) is 57.0 Å². The molecule has 2 aromatic rings. The van der Waals surface area contributed by atoms with Gasteiger partial charge in [-0.05, 0) is 123 Å². The Balaban J connectivity index is 1.53. The second kappa shape index (κ2) is 8.55. The van der Waals surface area contributed by atoms with Crippen LogP contribution in [0.2, 0.25) is 0 Å². The molecule has 0 spiro atoms. The molecular weight excluding hydrogens is 498 g/mol. The van der Waals surface area contributed by atoms with E-state index in [-0.39, 0.29) is 38.5 Å². The molecule has 3 fully saturated rings. The summed E-state index contributed by atoms with van der Waals surface area (Å²) in [5.41, 5.74) is 13.2. The maximum Gasteiger partial charge on any atom is 0.160 e. The van der Waals surface area contributed by atoms with Crippen LogP contribution in [0, 0.1) is 36.0 Å². The van der Waals surface area contributed by atoms with Gasteiger partial charge in [-0.2, -0.15) is 0 Å². The number of fused-ring (bicyclic) bond motifs is 7. The number of hydrogen-bond acceptors (Lipinski definition) is 4. The Morgan fingerprint density at radius 2 is 1.54 bits per heavy atom. The molecule has 39 heavy (non-hydrogen) atoms. The van der Waals surface area contributed by atoms with Crippen molar-refractivity contribution < 1.29 is 10.2 Å². The standard InChI is InChI=1S/C35H47NO2S/c1-21-8-10-23(11-9-21)39-26-19-27-33(5,24-18-25(37)30(38)22(2)29(24)26)15-17-35(7)28-20-32(4,36)14-12-31(28,3)13-16-34(27,35)6/h8-11,18-19,26,28,37-38H,12-17,20,36H2,1-7H3/t26?,28-,31-,32-,33+,34-,35+/m1/s1. The number of phenolic OH excluding ortho intramolecular Hbond substituents is 2. The van der Waals surface area contributed by atoms with Gasteiger partial charge in [-0.3, -0.25) is 0 Å². The van der Waals surface area contributed by atoms with E-state index in [4.69, 9.17) is 5.73 Å². The first kappa shape index (κ1) is 27.3. The van der Waals surface area contributed by atoms with Crippen LogP contribution in [0.1, 0.15) is 107 Å². The summed E-state index contributed by atoms with van der Waals surface area (Å²) in [6.45, 7) is 16.5. The Bertz CT molecular complexity index is 1360. The smallest absolute Gasteiger partial charge is 0.160 e. The lowest BCUT2D eigenvalue weighted by atomic mass is 9.35. The summed E-state index contributed by atoms with van der Waals surface area (Å²) in [6.07, 6.45) is 10.7. The summed E-state index contributed by atoms with van der Waals surface area (Å²) in [5, 5.41) is 21.8. The average molecular weight is 546 g/mol. The fourth-order valence-corrected chi connectivity index (χ4v) is 10.8. The molecule has 4 aliphatic carbocycles. The number of thioether (sulfide) groups is 1. The minimum atomic E-state index is -0.168. The molecule has 0 saturated heterocycles. The van der Waals surface area contributed by atoms with Crippen molar-refractivity contribution >= 4 is 11.8 Å². The molecule has 0 aromatic heterocycles. The SMILES string of the molecule is Cc1ccc(SC2C=C3[C@@](C)(CC[C@@]4(C)[C@@H]5C[C@](C)(N)CC[C@]5(C)CC[C@]34C)c3cc(O)c(O)c(C)c32)cc1. The first-order chi connectivity index (χ1) is 18.1. The van der Waals surface area contributed by atoms with Crippen molar-refractivity contribution in [1.82, 2.24) is 0 Å². The number of aryl methyl sites for hydroxylation is 1. The van der Waals surface area contributed by atoms with E-state index in [0.29, 0.717) is 11.3 Å². The zero-order chi connectivity index (χ0) is 28.2. The number of aromatic hydroxyl groups is 2. The van der Waals surface area contributed by atoms with Gasteiger partial charge in [0, 0.05) is 15.8 Å². The predicted octanol–water partition coefficient (Wildman–Crippen LogP) is 8.87. The number of phenols is 2. The van der Waals surface area contributed by atoms with Gasteiger partial charge in [0.1, 0.15) is 0 Å². The summed E-state index contributed by atoms with van der Waals surface area (Å²) < 4.78 is 0. The molecule has 0 heterocycles. The van der Waals surface area contributed by atoms with Gasteiger partial charge in [-0.15, -0.1) is 11.8 Å². The molecule has 1 unspecified atom stereocenters. The van der Waals surface area contributed by atoms with Gasteiger partial charge in [0.2, 0.25) is 0 Å². The van der Waals surface area contributed by atoms with Crippen LogP contribution in [0.5, 0.6) is 11.5 Å². The molecule has 2 aromatic carbocycles. The van der Waals surface area contributed by atoms with Crippen molar-refractivity contribution in [2.24, 2.45) is 27.9 Å². The molecule has 6 rings (SSSR count). The number of hydrogen-bond donors (Lipinski definition) is 3. The zero-order valence-corrected chi connectivity index (χ0v) is 25.8. The van der Waals surface area contributed by atoms with E-state index in [1.807, 2.05) is 24.8 Å². The second-order valence-corrected chi connectivity index (χ2v) is 16.1. The molecular formula is C35H47NO2S. The summed E-state index contributed by atoms with van der Waals surface area (Å²) in [7, 11) is 0. The monoisotopic (exact) mass is 545 g/mol. The molecule has 3 saturated carbocycles. The number of benzene rings is 2. The highest BCUT2D eigenvalue weighted by Gasteiger charge is 2.66. The molecule has 210 valence electrons. The van der Waals surface area contributed by atoms with E-state index in [1.165, 1.54) is 40.8 Å². The molecule has 4 N–H and O–H groups in total. The Labute approximate surface area is 239 Å². The first-order valence-corrected chi connectivity index (χ1v) is 15.8. The maximum atomic E-state index is 10.9. The molecule has 0 bridgehead atoms. The third-order valence-corrected chi connectivity index (χ3v) is 13.6. The lowest BCUT2D eigenvalue weighted by molar-refractivity contribution is -0.148. The first-order valence-electron chi connectivity index (χ1n) is 14.9. The van der Waals surface area contributed by atoms with Gasteiger partial charge in [0.15, 0.2) is 11.5 Å². The molecule has 4 aliphatic rings. The van der Waals surface area contributed by atoms with Crippen LogP contribution in [-0.2, 0) is 5.41 Å². The molecule has 0 amide bonds. The van der Waals surface area contributed by atoms with Crippen molar-refractivity contribution in [2.45, 2.75) is 115 Å². The summed E-state index contributed by atoms with van der Waals surface area (Å²) in [5.74, 6) is 0.625. The highest BCUT2D eigenvalue weighted by molar-refractivity contribution is 7.99. The largest absolute Gasteiger partial charge is 0.504 e. The highest BCUT2D eigenvalue weighted by Crippen LogP contribution is 2.74. The van der Waals surface area contributed by atoms with E-state index < -0.39 is 0 Å². The van der Waals surface area contributed by atoms with Crippen molar-refractivity contribution in [3.63, 3.8) is 0 Å². The van der Waals surface area contributed by atoms with E-state index in [9.17, 15) is 10.2 Å². The summed E-state index contributed by atoms with van der Waals surface area (Å²) >= 11 is 1.87. The molecule has 0 radical (unpaired) electrons. The fourth-order valence-electron chi connectivity index (χ4n) is 9.57. The Hall–Kier alpha value is -1.91. The third kappa shape index (κ3) is 3.80. The van der Waals surface area contributed by atoms with Crippen LogP contribution < -0.4 is 5.73 Å². The van der Waals surface area contributed by atoms with E-state index in [2.05, 4.69) is 71.9 Å². The molecule has 7 atom stereocenters. The Morgan fingerprint density at radius 3 is 2.23 bits per heavy atom. The number of nitrogens with two attached hydrogens (primary N) is 1. The zero-order valence-electron chi connectivity index (χ0n) is 24.9. The lowest BCUT2D eigenvalue weighted by Crippen LogP contribution is -2.63. The van der Waals surface area contributed by atoms with Gasteiger partial charge in [-0.25, -0.2) is 0 Å². The van der Waals surface area contributed by atoms with Crippen LogP contribution in [0.15, 0.2) is 46.9 Å². The molecule has 0 aliphatic heterocycles. The topological polar surface area (TPSA) is 66.5 Å². The van der Waals surface area contributed by atoms with Crippen molar-refractivity contribution in [3.8, 4) is 11.5 Å². The normalized spacial score (nSPS) is 41.1. The highest BCUT2D eigenvalue weighted by atomic mass is 32.2. The van der Waals surface area contributed by atoms with Crippen LogP contribution in [0.3, 0.4) is 0 Å². The minimum absolute atomic E-state index is 0.00805. The molecule has 4 heteroatoms. The Morgan fingerprint density at radius 1 is 0.872 bits per heavy atom. The van der Waals surface area contributed by atoms with Crippen molar-refractivity contribution in [1.29, 1.82) is 0 Å². The van der Waals surface area contributed by atoms with E-state index in [1.54, 1.807) is 5.57 Å². The fraction of sp³-hybridized carbons (Fsp3) is 0.600. The van der Waals surface area contributed by atoms with Gasteiger partial charge < -0.3 is 15.9 Å². The van der Waals surface area contributed by atoms with Crippen LogP contribution in [0.25, 0.3) is 0 Å². The Kier molecular flexibility index (Phi) is 5.98. The van der Waals surface area contributed by atoms with Crippen LogP contribution in [-0.4, -0.2) is 15.8 Å². The molecule has 3 nitrogen and oxygen atoms in total. The van der Waals surface area contributed by atoms with Gasteiger partial charge >= 0.3 is 0 Å². The summed E-state index contributed by atoms with van der Waals surface area (Å²) in [6, 6.07) is 10.7. The number of rotatable bonds is 2. The predicted molar refractivity (Wildman–Crippen MR) is 162 cm³/mol. The number of allylic oxidation sites excluding steroid dienone is 1. The second-order valence-electron chi connectivity index (χ2n) is 14.9.